The lowest BCUT2D eigenvalue weighted by Gasteiger charge is -2.10. The SMILES string of the molecule is C[CH][C@@H](C)OC(=O)OCCCCC. The first-order valence-corrected chi connectivity index (χ1v) is 4.83. The number of carbonyl (C=O) groups excluding carboxylic acids is 1. The van der Waals surface area contributed by atoms with Gasteiger partial charge in [-0.1, -0.05) is 26.7 Å². The normalized spacial score (nSPS) is 12.2. The molecule has 0 bridgehead atoms. The fraction of sp³-hybridized carbons (Fsp3) is 0.800. The monoisotopic (exact) mass is 187 g/mol. The van der Waals surface area contributed by atoms with E-state index in [0.29, 0.717) is 6.61 Å². The van der Waals surface area contributed by atoms with Gasteiger partial charge in [-0.3, -0.25) is 0 Å². The molecule has 0 saturated carbocycles. The van der Waals surface area contributed by atoms with Gasteiger partial charge in [0.2, 0.25) is 0 Å². The maximum absolute atomic E-state index is 10.9. The molecule has 0 aliphatic carbocycles. The van der Waals surface area contributed by atoms with Crippen LogP contribution in [0.2, 0.25) is 0 Å². The Morgan fingerprint density at radius 2 is 2.15 bits per heavy atom. The molecule has 13 heavy (non-hydrogen) atoms. The smallest absolute Gasteiger partial charge is 0.434 e. The minimum absolute atomic E-state index is 0.168. The molecule has 1 radical (unpaired) electrons. The molecule has 1 atom stereocenters. The Balaban J connectivity index is 3.30. The molecule has 0 fully saturated rings. The average molecular weight is 187 g/mol. The summed E-state index contributed by atoms with van der Waals surface area (Å²) < 4.78 is 9.70. The zero-order valence-corrected chi connectivity index (χ0v) is 8.71. The molecule has 0 aromatic carbocycles. The van der Waals surface area contributed by atoms with Crippen molar-refractivity contribution in [3.63, 3.8) is 0 Å². The zero-order valence-electron chi connectivity index (χ0n) is 8.71. The van der Waals surface area contributed by atoms with Gasteiger partial charge in [0.1, 0.15) is 6.10 Å². The van der Waals surface area contributed by atoms with Gasteiger partial charge < -0.3 is 9.47 Å². The molecule has 0 aromatic heterocycles. The number of hydrogen-bond donors (Lipinski definition) is 0. The molecule has 3 nitrogen and oxygen atoms in total. The van der Waals surface area contributed by atoms with Gasteiger partial charge in [-0.2, -0.15) is 0 Å². The number of unbranched alkanes of at least 4 members (excludes halogenated alkanes) is 2. The van der Waals surface area contributed by atoms with Crippen molar-refractivity contribution in [2.45, 2.75) is 46.1 Å². The van der Waals surface area contributed by atoms with Gasteiger partial charge in [-0.05, 0) is 19.8 Å². The van der Waals surface area contributed by atoms with Crippen LogP contribution in [0.4, 0.5) is 4.79 Å². The molecule has 0 aliphatic heterocycles. The van der Waals surface area contributed by atoms with Gasteiger partial charge >= 0.3 is 6.16 Å². The molecule has 0 amide bonds. The molecule has 0 heterocycles. The van der Waals surface area contributed by atoms with E-state index in [0.717, 1.165) is 19.3 Å². The molecular formula is C10H19O3. The van der Waals surface area contributed by atoms with Gasteiger partial charge in [0, 0.05) is 0 Å². The van der Waals surface area contributed by atoms with Crippen molar-refractivity contribution in [1.29, 1.82) is 0 Å². The summed E-state index contributed by atoms with van der Waals surface area (Å²) in [5, 5.41) is 0. The first-order chi connectivity index (χ1) is 6.20. The van der Waals surface area contributed by atoms with Crippen LogP contribution < -0.4 is 0 Å². The van der Waals surface area contributed by atoms with Crippen LogP contribution in [0, 0.1) is 6.42 Å². The second kappa shape index (κ2) is 7.90. The third kappa shape index (κ3) is 7.62. The standard InChI is InChI=1S/C10H19O3/c1-4-6-7-8-12-10(11)13-9(3)5-2/h5,9H,4,6-8H2,1-3H3/t9-/m1/s1. The molecular weight excluding hydrogens is 168 g/mol. The highest BCUT2D eigenvalue weighted by molar-refractivity contribution is 5.60. The van der Waals surface area contributed by atoms with Crippen molar-refractivity contribution < 1.29 is 14.3 Å². The van der Waals surface area contributed by atoms with Crippen LogP contribution in [-0.2, 0) is 9.47 Å². The lowest BCUT2D eigenvalue weighted by molar-refractivity contribution is 0.0371. The minimum Gasteiger partial charge on any atom is -0.434 e. The van der Waals surface area contributed by atoms with Crippen LogP contribution in [0.25, 0.3) is 0 Å². The summed E-state index contributed by atoms with van der Waals surface area (Å²) in [6.07, 6.45) is 4.18. The summed E-state index contributed by atoms with van der Waals surface area (Å²) in [6, 6.07) is 0. The van der Waals surface area contributed by atoms with Gasteiger partial charge in [0.15, 0.2) is 0 Å². The quantitative estimate of drug-likeness (QED) is 0.473. The van der Waals surface area contributed by atoms with Gasteiger partial charge in [0.05, 0.1) is 6.61 Å². The van der Waals surface area contributed by atoms with Crippen LogP contribution in [0.5, 0.6) is 0 Å². The Kier molecular flexibility index (Phi) is 7.45. The summed E-state index contributed by atoms with van der Waals surface area (Å²) in [4.78, 5) is 10.9. The molecule has 0 saturated heterocycles. The Hall–Kier alpha value is -0.730. The number of ether oxygens (including phenoxy) is 2. The summed E-state index contributed by atoms with van der Waals surface area (Å²) >= 11 is 0. The average Bonchev–Trinajstić information content (AvgIpc) is 2.12. The summed E-state index contributed by atoms with van der Waals surface area (Å²) in [6.45, 7) is 6.21. The van der Waals surface area contributed by atoms with Crippen molar-refractivity contribution in [1.82, 2.24) is 0 Å². The third-order valence-electron chi connectivity index (χ3n) is 1.72. The molecule has 0 aliphatic rings. The van der Waals surface area contributed by atoms with E-state index in [1.165, 1.54) is 0 Å². The maximum atomic E-state index is 10.9. The number of carbonyl (C=O) groups is 1. The lowest BCUT2D eigenvalue weighted by atomic mass is 10.3. The van der Waals surface area contributed by atoms with E-state index in [4.69, 9.17) is 9.47 Å². The third-order valence-corrected chi connectivity index (χ3v) is 1.72. The van der Waals surface area contributed by atoms with E-state index < -0.39 is 6.16 Å². The molecule has 0 spiro atoms. The first-order valence-electron chi connectivity index (χ1n) is 4.83. The van der Waals surface area contributed by atoms with E-state index in [-0.39, 0.29) is 6.10 Å². The van der Waals surface area contributed by atoms with E-state index in [9.17, 15) is 4.79 Å². The van der Waals surface area contributed by atoms with Crippen molar-refractivity contribution in [3.05, 3.63) is 6.42 Å². The van der Waals surface area contributed by atoms with Gasteiger partial charge in [-0.15, -0.1) is 0 Å². The predicted octanol–water partition coefficient (Wildman–Crippen LogP) is 2.94. The van der Waals surface area contributed by atoms with Crippen molar-refractivity contribution >= 4 is 6.16 Å². The highest BCUT2D eigenvalue weighted by Gasteiger charge is 2.07. The molecule has 0 unspecified atom stereocenters. The van der Waals surface area contributed by atoms with Crippen LogP contribution in [0.3, 0.4) is 0 Å². The summed E-state index contributed by atoms with van der Waals surface area (Å²) in [5.74, 6) is 0. The number of rotatable bonds is 6. The maximum Gasteiger partial charge on any atom is 0.508 e. The molecule has 77 valence electrons. The second-order valence-electron chi connectivity index (χ2n) is 2.96. The molecule has 0 aromatic rings. The van der Waals surface area contributed by atoms with E-state index in [1.807, 2.05) is 6.92 Å². The van der Waals surface area contributed by atoms with Crippen molar-refractivity contribution in [2.75, 3.05) is 6.61 Å². The summed E-state index contributed by atoms with van der Waals surface area (Å²) in [5.41, 5.74) is 0. The Bertz CT molecular complexity index is 134. The van der Waals surface area contributed by atoms with Crippen LogP contribution in [0.15, 0.2) is 0 Å². The first kappa shape index (κ1) is 12.3. The van der Waals surface area contributed by atoms with Crippen molar-refractivity contribution in [3.8, 4) is 0 Å². The Morgan fingerprint density at radius 3 is 2.69 bits per heavy atom. The lowest BCUT2D eigenvalue weighted by Crippen LogP contribution is -2.16. The largest absolute Gasteiger partial charge is 0.508 e. The highest BCUT2D eigenvalue weighted by Crippen LogP contribution is 1.99. The second-order valence-corrected chi connectivity index (χ2v) is 2.96. The van der Waals surface area contributed by atoms with E-state index >= 15 is 0 Å². The fourth-order valence-electron chi connectivity index (χ4n) is 0.761. The Labute approximate surface area is 80.4 Å². The van der Waals surface area contributed by atoms with Crippen molar-refractivity contribution in [2.24, 2.45) is 0 Å². The molecule has 3 heteroatoms. The van der Waals surface area contributed by atoms with Crippen LogP contribution in [0.1, 0.15) is 40.0 Å². The molecule has 0 N–H and O–H groups in total. The zero-order chi connectivity index (χ0) is 10.1. The van der Waals surface area contributed by atoms with Gasteiger partial charge in [0.25, 0.3) is 0 Å². The number of hydrogen-bond acceptors (Lipinski definition) is 3. The van der Waals surface area contributed by atoms with Crippen LogP contribution >= 0.6 is 0 Å². The van der Waals surface area contributed by atoms with Gasteiger partial charge in [-0.25, -0.2) is 4.79 Å². The fourth-order valence-corrected chi connectivity index (χ4v) is 0.761. The molecule has 0 rings (SSSR count). The topological polar surface area (TPSA) is 35.5 Å². The summed E-state index contributed by atoms with van der Waals surface area (Å²) in [7, 11) is 0. The van der Waals surface area contributed by atoms with E-state index in [2.05, 4.69) is 6.92 Å². The predicted molar refractivity (Wildman–Crippen MR) is 51.4 cm³/mol. The Morgan fingerprint density at radius 1 is 1.46 bits per heavy atom. The highest BCUT2D eigenvalue weighted by atomic mass is 16.7. The minimum atomic E-state index is -0.568. The van der Waals surface area contributed by atoms with E-state index in [1.54, 1.807) is 13.3 Å². The van der Waals surface area contributed by atoms with Crippen LogP contribution in [-0.4, -0.2) is 18.9 Å².